The van der Waals surface area contributed by atoms with Crippen LogP contribution in [0.2, 0.25) is 0 Å². The van der Waals surface area contributed by atoms with E-state index in [2.05, 4.69) is 52.4 Å². The van der Waals surface area contributed by atoms with Gasteiger partial charge in [-0.3, -0.25) is 9.69 Å². The third-order valence-electron chi connectivity index (χ3n) is 5.34. The van der Waals surface area contributed by atoms with Crippen LogP contribution in [0.4, 0.5) is 11.4 Å². The molecule has 6 nitrogen and oxygen atoms in total. The van der Waals surface area contributed by atoms with Gasteiger partial charge in [0, 0.05) is 56.6 Å². The van der Waals surface area contributed by atoms with Gasteiger partial charge in [-0.25, -0.2) is 0 Å². The third-order valence-corrected chi connectivity index (χ3v) is 5.34. The molecular weight excluding hydrogens is 366 g/mol. The normalized spacial score (nSPS) is 15.6. The zero-order valence-electron chi connectivity index (χ0n) is 17.6. The zero-order valence-corrected chi connectivity index (χ0v) is 17.6. The quantitative estimate of drug-likeness (QED) is 0.737. The van der Waals surface area contributed by atoms with E-state index in [1.807, 2.05) is 12.1 Å². The number of benzene rings is 2. The van der Waals surface area contributed by atoms with E-state index >= 15 is 0 Å². The molecule has 1 N–H and O–H groups in total. The molecule has 156 valence electrons. The molecule has 29 heavy (non-hydrogen) atoms. The molecule has 1 aliphatic heterocycles. The van der Waals surface area contributed by atoms with Crippen molar-refractivity contribution >= 4 is 17.3 Å². The van der Waals surface area contributed by atoms with Crippen molar-refractivity contribution < 1.29 is 14.3 Å². The number of para-hydroxylation sites is 1. The van der Waals surface area contributed by atoms with Crippen LogP contribution in [0, 0.1) is 0 Å². The van der Waals surface area contributed by atoms with Crippen molar-refractivity contribution in [2.24, 2.45) is 0 Å². The van der Waals surface area contributed by atoms with Crippen LogP contribution in [-0.4, -0.2) is 56.7 Å². The molecule has 0 saturated carbocycles. The predicted molar refractivity (Wildman–Crippen MR) is 117 cm³/mol. The highest BCUT2D eigenvalue weighted by atomic mass is 16.5. The van der Waals surface area contributed by atoms with Crippen LogP contribution >= 0.6 is 0 Å². The minimum Gasteiger partial charge on any atom is -0.493 e. The van der Waals surface area contributed by atoms with Gasteiger partial charge in [-0.2, -0.15) is 0 Å². The van der Waals surface area contributed by atoms with Crippen molar-refractivity contribution in [3.63, 3.8) is 0 Å². The van der Waals surface area contributed by atoms with Crippen molar-refractivity contribution in [3.8, 4) is 11.5 Å². The van der Waals surface area contributed by atoms with Crippen LogP contribution < -0.4 is 19.7 Å². The Morgan fingerprint density at radius 1 is 1.07 bits per heavy atom. The second-order valence-electron chi connectivity index (χ2n) is 7.39. The van der Waals surface area contributed by atoms with E-state index in [-0.39, 0.29) is 5.91 Å². The molecule has 0 radical (unpaired) electrons. The van der Waals surface area contributed by atoms with Crippen LogP contribution in [0.1, 0.15) is 20.3 Å². The number of nitrogens with one attached hydrogen (secondary N) is 1. The summed E-state index contributed by atoms with van der Waals surface area (Å²) in [7, 11) is 1.61. The van der Waals surface area contributed by atoms with Crippen molar-refractivity contribution in [1.82, 2.24) is 4.90 Å². The minimum absolute atomic E-state index is 0.109. The minimum atomic E-state index is -0.109. The topological polar surface area (TPSA) is 54.0 Å². The summed E-state index contributed by atoms with van der Waals surface area (Å²) in [6.45, 7) is 8.59. The standard InChI is InChI=1S/C23H31N3O3/c1-18(25-12-14-26(15-13-25)21-7-5-4-6-8-21)11-16-29-22-10-9-20(24-19(2)27)17-23(22)28-3/h4-10,17-18H,11-16H2,1-3H3,(H,24,27). The number of piperazine rings is 1. The Bertz CT molecular complexity index is 789. The molecule has 3 rings (SSSR count). The Labute approximate surface area is 173 Å². The lowest BCUT2D eigenvalue weighted by molar-refractivity contribution is -0.114. The van der Waals surface area contributed by atoms with E-state index < -0.39 is 0 Å². The van der Waals surface area contributed by atoms with Gasteiger partial charge in [0.2, 0.25) is 5.91 Å². The predicted octanol–water partition coefficient (Wildman–Crippen LogP) is 3.63. The molecule has 0 spiro atoms. The molecule has 2 aromatic rings. The first-order valence-corrected chi connectivity index (χ1v) is 10.2. The van der Waals surface area contributed by atoms with E-state index in [0.29, 0.717) is 29.8 Å². The molecule has 1 unspecified atom stereocenters. The summed E-state index contributed by atoms with van der Waals surface area (Å²) in [6, 6.07) is 16.5. The van der Waals surface area contributed by atoms with Crippen molar-refractivity contribution in [2.45, 2.75) is 26.3 Å². The summed E-state index contributed by atoms with van der Waals surface area (Å²) >= 11 is 0. The lowest BCUT2D eigenvalue weighted by Crippen LogP contribution is -2.49. The number of anilines is 2. The van der Waals surface area contributed by atoms with E-state index in [1.54, 1.807) is 13.2 Å². The Hall–Kier alpha value is -2.73. The van der Waals surface area contributed by atoms with Gasteiger partial charge in [-0.1, -0.05) is 18.2 Å². The Balaban J connectivity index is 1.45. The highest BCUT2D eigenvalue weighted by Crippen LogP contribution is 2.30. The van der Waals surface area contributed by atoms with Gasteiger partial charge in [0.05, 0.1) is 13.7 Å². The average molecular weight is 398 g/mol. The number of carbonyl (C=O) groups excluding carboxylic acids is 1. The molecule has 1 saturated heterocycles. The lowest BCUT2D eigenvalue weighted by Gasteiger charge is -2.39. The first-order valence-electron chi connectivity index (χ1n) is 10.2. The van der Waals surface area contributed by atoms with Gasteiger partial charge in [-0.05, 0) is 37.6 Å². The molecule has 6 heteroatoms. The lowest BCUT2D eigenvalue weighted by atomic mass is 10.1. The fraction of sp³-hybridized carbons (Fsp3) is 0.435. The van der Waals surface area contributed by atoms with E-state index in [1.165, 1.54) is 12.6 Å². The highest BCUT2D eigenvalue weighted by molar-refractivity contribution is 5.89. The largest absolute Gasteiger partial charge is 0.493 e. The molecule has 0 aromatic heterocycles. The fourth-order valence-corrected chi connectivity index (χ4v) is 3.65. The first kappa shape index (κ1) is 21.0. The van der Waals surface area contributed by atoms with Crippen LogP contribution in [-0.2, 0) is 4.79 Å². The second-order valence-corrected chi connectivity index (χ2v) is 7.39. The Kier molecular flexibility index (Phi) is 7.36. The number of hydrogen-bond acceptors (Lipinski definition) is 5. The molecule has 1 fully saturated rings. The highest BCUT2D eigenvalue weighted by Gasteiger charge is 2.21. The molecule has 0 bridgehead atoms. The maximum Gasteiger partial charge on any atom is 0.221 e. The second kappa shape index (κ2) is 10.2. The first-order chi connectivity index (χ1) is 14.1. The molecule has 2 aromatic carbocycles. The summed E-state index contributed by atoms with van der Waals surface area (Å²) in [5, 5.41) is 2.75. The smallest absolute Gasteiger partial charge is 0.221 e. The summed E-state index contributed by atoms with van der Waals surface area (Å²) in [5.41, 5.74) is 2.00. The molecule has 1 atom stereocenters. The number of nitrogens with zero attached hydrogens (tertiary/aromatic N) is 2. The molecule has 1 amide bonds. The van der Waals surface area contributed by atoms with Gasteiger partial charge >= 0.3 is 0 Å². The third kappa shape index (κ3) is 5.87. The summed E-state index contributed by atoms with van der Waals surface area (Å²) in [6.07, 6.45) is 0.946. The maximum absolute atomic E-state index is 11.2. The van der Waals surface area contributed by atoms with Crippen molar-refractivity contribution in [3.05, 3.63) is 48.5 Å². The molecule has 1 aliphatic rings. The van der Waals surface area contributed by atoms with Crippen LogP contribution in [0.5, 0.6) is 11.5 Å². The Morgan fingerprint density at radius 2 is 1.79 bits per heavy atom. The number of carbonyl (C=O) groups is 1. The average Bonchev–Trinajstić information content (AvgIpc) is 2.75. The number of methoxy groups -OCH3 is 1. The monoisotopic (exact) mass is 397 g/mol. The summed E-state index contributed by atoms with van der Waals surface area (Å²) < 4.78 is 11.4. The van der Waals surface area contributed by atoms with E-state index in [0.717, 1.165) is 32.6 Å². The Morgan fingerprint density at radius 3 is 2.45 bits per heavy atom. The number of rotatable bonds is 8. The summed E-state index contributed by atoms with van der Waals surface area (Å²) in [5.74, 6) is 1.21. The molecule has 0 aliphatic carbocycles. The van der Waals surface area contributed by atoms with Crippen LogP contribution in [0.3, 0.4) is 0 Å². The molecule has 1 heterocycles. The van der Waals surface area contributed by atoms with Crippen LogP contribution in [0.25, 0.3) is 0 Å². The SMILES string of the molecule is COc1cc(NC(C)=O)ccc1OCCC(C)N1CCN(c2ccccc2)CC1. The van der Waals surface area contributed by atoms with Gasteiger partial charge < -0.3 is 19.7 Å². The van der Waals surface area contributed by atoms with Gasteiger partial charge in [0.1, 0.15) is 0 Å². The fourth-order valence-electron chi connectivity index (χ4n) is 3.65. The van der Waals surface area contributed by atoms with E-state index in [9.17, 15) is 4.79 Å². The molecular formula is C23H31N3O3. The maximum atomic E-state index is 11.2. The number of ether oxygens (including phenoxy) is 2. The van der Waals surface area contributed by atoms with Crippen molar-refractivity contribution in [1.29, 1.82) is 0 Å². The number of amides is 1. The van der Waals surface area contributed by atoms with Crippen molar-refractivity contribution in [2.75, 3.05) is 50.1 Å². The van der Waals surface area contributed by atoms with Crippen LogP contribution in [0.15, 0.2) is 48.5 Å². The van der Waals surface area contributed by atoms with E-state index in [4.69, 9.17) is 9.47 Å². The summed E-state index contributed by atoms with van der Waals surface area (Å²) in [4.78, 5) is 16.2. The van der Waals surface area contributed by atoms with Gasteiger partial charge in [0.15, 0.2) is 11.5 Å². The van der Waals surface area contributed by atoms with Gasteiger partial charge in [-0.15, -0.1) is 0 Å². The number of hydrogen-bond donors (Lipinski definition) is 1. The zero-order chi connectivity index (χ0) is 20.6. The van der Waals surface area contributed by atoms with Gasteiger partial charge in [0.25, 0.3) is 0 Å².